The van der Waals surface area contributed by atoms with Gasteiger partial charge in [-0.15, -0.1) is 0 Å². The highest BCUT2D eigenvalue weighted by atomic mass is 35.5. The van der Waals surface area contributed by atoms with Crippen LogP contribution in [0.3, 0.4) is 0 Å². The van der Waals surface area contributed by atoms with Crippen molar-refractivity contribution >= 4 is 29.1 Å². The number of aromatic nitrogens is 1. The number of hydrogen-bond donors (Lipinski definition) is 0. The van der Waals surface area contributed by atoms with Gasteiger partial charge in [-0.1, -0.05) is 54.1 Å². The van der Waals surface area contributed by atoms with Gasteiger partial charge >= 0.3 is 0 Å². The second-order valence-corrected chi connectivity index (χ2v) is 9.63. The van der Waals surface area contributed by atoms with Gasteiger partial charge in [0, 0.05) is 69.3 Å². The predicted octanol–water partition coefficient (Wildman–Crippen LogP) is 4.96. The Bertz CT molecular complexity index is 1170. The largest absolute Gasteiger partial charge is 0.338 e. The number of para-hydroxylation sites is 1. The third-order valence-electron chi connectivity index (χ3n) is 6.56. The van der Waals surface area contributed by atoms with Crippen LogP contribution in [0.15, 0.2) is 73.1 Å². The molecule has 188 valence electrons. The topological polar surface area (TPSA) is 56.8 Å². The second-order valence-electron chi connectivity index (χ2n) is 9.23. The average molecular weight is 505 g/mol. The van der Waals surface area contributed by atoms with E-state index in [9.17, 15) is 9.59 Å². The smallest absolute Gasteiger partial charge is 0.227 e. The Morgan fingerprint density at radius 3 is 2.42 bits per heavy atom. The van der Waals surface area contributed by atoms with E-state index in [0.717, 1.165) is 54.9 Å². The van der Waals surface area contributed by atoms with Gasteiger partial charge in [0.1, 0.15) is 0 Å². The van der Waals surface area contributed by atoms with E-state index in [1.54, 1.807) is 13.1 Å². The Kier molecular flexibility index (Phi) is 9.09. The SMILES string of the molecule is CC(=O)N1CCCN(Cc2cccnc2)CCCN(C(=O)Cc2ccccc2Cl)Cc2ccccc21. The minimum absolute atomic E-state index is 0.00672. The molecular weight excluding hydrogens is 472 g/mol. The van der Waals surface area contributed by atoms with E-state index in [1.807, 2.05) is 70.6 Å². The number of anilines is 1. The zero-order valence-electron chi connectivity index (χ0n) is 20.8. The van der Waals surface area contributed by atoms with Crippen LogP contribution in [0.2, 0.25) is 5.02 Å². The lowest BCUT2D eigenvalue weighted by Crippen LogP contribution is -2.38. The van der Waals surface area contributed by atoms with Crippen LogP contribution < -0.4 is 4.90 Å². The molecule has 0 fully saturated rings. The van der Waals surface area contributed by atoms with E-state index in [0.29, 0.717) is 24.7 Å². The molecule has 4 rings (SSSR count). The Morgan fingerprint density at radius 1 is 0.917 bits per heavy atom. The minimum Gasteiger partial charge on any atom is -0.338 e. The number of hydrogen-bond acceptors (Lipinski definition) is 4. The van der Waals surface area contributed by atoms with E-state index in [4.69, 9.17) is 11.6 Å². The van der Waals surface area contributed by atoms with E-state index in [1.165, 1.54) is 0 Å². The fourth-order valence-corrected chi connectivity index (χ4v) is 4.93. The third-order valence-corrected chi connectivity index (χ3v) is 6.93. The van der Waals surface area contributed by atoms with Crippen molar-refractivity contribution in [2.24, 2.45) is 0 Å². The fourth-order valence-electron chi connectivity index (χ4n) is 4.73. The van der Waals surface area contributed by atoms with Crippen LogP contribution in [-0.4, -0.2) is 52.8 Å². The van der Waals surface area contributed by atoms with Crippen LogP contribution in [0.4, 0.5) is 5.69 Å². The molecule has 1 aliphatic heterocycles. The van der Waals surface area contributed by atoms with Gasteiger partial charge in [0.15, 0.2) is 0 Å². The monoisotopic (exact) mass is 504 g/mol. The first-order valence-electron chi connectivity index (χ1n) is 12.5. The number of carbonyl (C=O) groups excluding carboxylic acids is 2. The van der Waals surface area contributed by atoms with Crippen molar-refractivity contribution in [2.45, 2.75) is 39.3 Å². The zero-order chi connectivity index (χ0) is 25.3. The first-order chi connectivity index (χ1) is 17.5. The average Bonchev–Trinajstić information content (AvgIpc) is 2.87. The van der Waals surface area contributed by atoms with Crippen molar-refractivity contribution in [3.63, 3.8) is 0 Å². The van der Waals surface area contributed by atoms with Crippen molar-refractivity contribution < 1.29 is 9.59 Å². The molecule has 2 heterocycles. The summed E-state index contributed by atoms with van der Waals surface area (Å²) in [6, 6.07) is 19.4. The summed E-state index contributed by atoms with van der Waals surface area (Å²) in [7, 11) is 0. The molecule has 0 spiro atoms. The molecular formula is C29H33ClN4O2. The molecule has 0 bridgehead atoms. The van der Waals surface area contributed by atoms with Gasteiger partial charge in [-0.25, -0.2) is 0 Å². The summed E-state index contributed by atoms with van der Waals surface area (Å²) in [4.78, 5) is 36.5. The number of pyridine rings is 1. The van der Waals surface area contributed by atoms with Crippen molar-refractivity contribution in [1.29, 1.82) is 0 Å². The molecule has 2 aromatic carbocycles. The van der Waals surface area contributed by atoms with Crippen molar-refractivity contribution in [2.75, 3.05) is 31.1 Å². The molecule has 0 N–H and O–H groups in total. The second kappa shape index (κ2) is 12.7. The summed E-state index contributed by atoms with van der Waals surface area (Å²) in [5.74, 6) is 0.0374. The molecule has 6 nitrogen and oxygen atoms in total. The predicted molar refractivity (Wildman–Crippen MR) is 144 cm³/mol. The number of nitrogens with zero attached hydrogens (tertiary/aromatic N) is 4. The van der Waals surface area contributed by atoms with Crippen molar-refractivity contribution in [1.82, 2.24) is 14.8 Å². The molecule has 0 radical (unpaired) electrons. The summed E-state index contributed by atoms with van der Waals surface area (Å²) < 4.78 is 0. The van der Waals surface area contributed by atoms with Crippen LogP contribution in [0.5, 0.6) is 0 Å². The summed E-state index contributed by atoms with van der Waals surface area (Å²) in [6.07, 6.45) is 5.65. The molecule has 0 saturated heterocycles. The maximum Gasteiger partial charge on any atom is 0.227 e. The third kappa shape index (κ3) is 6.93. The van der Waals surface area contributed by atoms with E-state index >= 15 is 0 Å². The number of fused-ring (bicyclic) bond motifs is 1. The Morgan fingerprint density at radius 2 is 1.67 bits per heavy atom. The highest BCUT2D eigenvalue weighted by molar-refractivity contribution is 6.31. The Labute approximate surface area is 218 Å². The van der Waals surface area contributed by atoms with Crippen molar-refractivity contribution in [3.05, 3.63) is 94.8 Å². The lowest BCUT2D eigenvalue weighted by molar-refractivity contribution is -0.131. The van der Waals surface area contributed by atoms with Gasteiger partial charge in [0.25, 0.3) is 0 Å². The van der Waals surface area contributed by atoms with Crippen LogP contribution >= 0.6 is 11.6 Å². The van der Waals surface area contributed by atoms with E-state index < -0.39 is 0 Å². The van der Waals surface area contributed by atoms with Crippen LogP contribution in [0.25, 0.3) is 0 Å². The molecule has 0 aliphatic carbocycles. The van der Waals surface area contributed by atoms with Gasteiger partial charge in [-0.2, -0.15) is 0 Å². The standard InChI is InChI=1S/C29H33ClN4O2/c1-23(35)34-18-8-16-32(21-24-9-6-14-31-20-24)15-7-17-33(22-26-11-3-5-13-28(26)34)29(36)19-25-10-2-4-12-27(25)30/h2-6,9-14,20H,7-8,15-19,21-22H2,1H3. The van der Waals surface area contributed by atoms with Gasteiger partial charge in [-0.3, -0.25) is 19.5 Å². The lowest BCUT2D eigenvalue weighted by Gasteiger charge is -2.31. The maximum absolute atomic E-state index is 13.5. The van der Waals surface area contributed by atoms with Crippen molar-refractivity contribution in [3.8, 4) is 0 Å². The van der Waals surface area contributed by atoms with Crippen LogP contribution in [0, 0.1) is 0 Å². The minimum atomic E-state index is 0.00672. The molecule has 0 saturated carbocycles. The molecule has 1 aliphatic rings. The molecule has 2 amide bonds. The molecule has 0 atom stereocenters. The Balaban J connectivity index is 1.60. The zero-order valence-corrected chi connectivity index (χ0v) is 21.5. The maximum atomic E-state index is 13.5. The first-order valence-corrected chi connectivity index (χ1v) is 12.9. The first kappa shape index (κ1) is 25.9. The van der Waals surface area contributed by atoms with E-state index in [-0.39, 0.29) is 18.2 Å². The molecule has 3 aromatic rings. The van der Waals surface area contributed by atoms with Gasteiger partial charge in [0.2, 0.25) is 11.8 Å². The van der Waals surface area contributed by atoms with E-state index in [2.05, 4.69) is 16.0 Å². The molecule has 0 unspecified atom stereocenters. The number of rotatable bonds is 4. The number of amides is 2. The van der Waals surface area contributed by atoms with Crippen LogP contribution in [-0.2, 0) is 29.1 Å². The number of benzene rings is 2. The van der Waals surface area contributed by atoms with Gasteiger partial charge in [0.05, 0.1) is 6.42 Å². The summed E-state index contributed by atoms with van der Waals surface area (Å²) >= 11 is 6.36. The van der Waals surface area contributed by atoms with Gasteiger partial charge in [-0.05, 0) is 47.7 Å². The highest BCUT2D eigenvalue weighted by Gasteiger charge is 2.22. The summed E-state index contributed by atoms with van der Waals surface area (Å²) in [5.41, 5.74) is 3.84. The molecule has 7 heteroatoms. The van der Waals surface area contributed by atoms with Crippen LogP contribution in [0.1, 0.15) is 36.5 Å². The lowest BCUT2D eigenvalue weighted by atomic mass is 10.1. The summed E-state index contributed by atoms with van der Waals surface area (Å²) in [6.45, 7) is 5.81. The molecule has 1 aromatic heterocycles. The van der Waals surface area contributed by atoms with Gasteiger partial charge < -0.3 is 9.80 Å². The number of carbonyl (C=O) groups is 2. The molecule has 36 heavy (non-hydrogen) atoms. The quantitative estimate of drug-likeness (QED) is 0.504. The summed E-state index contributed by atoms with van der Waals surface area (Å²) in [5, 5.41) is 0.603. The Hall–Kier alpha value is -3.22. The highest BCUT2D eigenvalue weighted by Crippen LogP contribution is 2.25. The fraction of sp³-hybridized carbons (Fsp3) is 0.345. The normalized spacial score (nSPS) is 15.5. The number of halogens is 1.